The molecule has 0 aliphatic heterocycles. The van der Waals surface area contributed by atoms with Crippen molar-refractivity contribution in [2.24, 2.45) is 0 Å². The van der Waals surface area contributed by atoms with Gasteiger partial charge in [0.1, 0.15) is 5.75 Å². The SMILES string of the molecule is Cc1nc(COc2ccccc2C(=O)Nc2cccc(Cl)c2Cl)no1. The maximum Gasteiger partial charge on any atom is 0.259 e. The van der Waals surface area contributed by atoms with Crippen LogP contribution in [0.3, 0.4) is 0 Å². The molecular weight excluding hydrogens is 365 g/mol. The Kier molecular flexibility index (Phi) is 5.21. The molecule has 1 amide bonds. The number of ether oxygens (including phenoxy) is 1. The molecule has 0 aliphatic carbocycles. The van der Waals surface area contributed by atoms with Gasteiger partial charge >= 0.3 is 0 Å². The number of nitrogens with zero attached hydrogens (tertiary/aromatic N) is 2. The van der Waals surface area contributed by atoms with E-state index in [1.807, 2.05) is 0 Å². The van der Waals surface area contributed by atoms with Gasteiger partial charge in [-0.2, -0.15) is 4.98 Å². The molecule has 1 aromatic heterocycles. The summed E-state index contributed by atoms with van der Waals surface area (Å²) in [6.07, 6.45) is 0. The van der Waals surface area contributed by atoms with Gasteiger partial charge in [0.2, 0.25) is 11.7 Å². The molecule has 6 nitrogen and oxygen atoms in total. The standard InChI is InChI=1S/C17H13Cl2N3O3/c1-10-20-15(22-25-10)9-24-14-8-3-2-5-11(14)17(23)21-13-7-4-6-12(18)16(13)19/h2-8H,9H2,1H3,(H,21,23). The van der Waals surface area contributed by atoms with E-state index >= 15 is 0 Å². The van der Waals surface area contributed by atoms with E-state index in [0.29, 0.717) is 33.7 Å². The zero-order chi connectivity index (χ0) is 17.8. The molecule has 0 bridgehead atoms. The predicted octanol–water partition coefficient (Wildman–Crippen LogP) is 4.52. The van der Waals surface area contributed by atoms with Crippen molar-refractivity contribution in [1.29, 1.82) is 0 Å². The molecule has 1 N–H and O–H groups in total. The second kappa shape index (κ2) is 7.55. The van der Waals surface area contributed by atoms with E-state index in [-0.39, 0.29) is 17.5 Å². The van der Waals surface area contributed by atoms with Crippen molar-refractivity contribution in [1.82, 2.24) is 10.1 Å². The lowest BCUT2D eigenvalue weighted by Crippen LogP contribution is -2.14. The molecule has 0 radical (unpaired) electrons. The number of anilines is 1. The highest BCUT2D eigenvalue weighted by Crippen LogP contribution is 2.30. The van der Waals surface area contributed by atoms with Gasteiger partial charge in [0.05, 0.1) is 21.3 Å². The first kappa shape index (κ1) is 17.3. The van der Waals surface area contributed by atoms with Crippen LogP contribution in [0.4, 0.5) is 5.69 Å². The Morgan fingerprint density at radius 1 is 1.20 bits per heavy atom. The van der Waals surface area contributed by atoms with E-state index in [9.17, 15) is 4.79 Å². The quantitative estimate of drug-likeness (QED) is 0.707. The summed E-state index contributed by atoms with van der Waals surface area (Å²) in [5.41, 5.74) is 0.765. The highest BCUT2D eigenvalue weighted by molar-refractivity contribution is 6.44. The molecule has 0 saturated carbocycles. The zero-order valence-corrected chi connectivity index (χ0v) is 14.6. The van der Waals surface area contributed by atoms with E-state index < -0.39 is 0 Å². The minimum Gasteiger partial charge on any atom is -0.485 e. The number of hydrogen-bond donors (Lipinski definition) is 1. The Bertz CT molecular complexity index is 912. The summed E-state index contributed by atoms with van der Waals surface area (Å²) in [6.45, 7) is 1.77. The summed E-state index contributed by atoms with van der Waals surface area (Å²) in [5, 5.41) is 7.11. The topological polar surface area (TPSA) is 77.2 Å². The van der Waals surface area contributed by atoms with Crippen molar-refractivity contribution in [2.45, 2.75) is 13.5 Å². The van der Waals surface area contributed by atoms with Crippen molar-refractivity contribution in [2.75, 3.05) is 5.32 Å². The van der Waals surface area contributed by atoms with Gasteiger partial charge in [-0.15, -0.1) is 0 Å². The van der Waals surface area contributed by atoms with Crippen LogP contribution in [0.1, 0.15) is 22.1 Å². The van der Waals surface area contributed by atoms with Crippen molar-refractivity contribution in [3.63, 3.8) is 0 Å². The molecule has 0 atom stereocenters. The summed E-state index contributed by atoms with van der Waals surface area (Å²) in [4.78, 5) is 16.6. The second-order valence-electron chi connectivity index (χ2n) is 5.07. The van der Waals surface area contributed by atoms with Gasteiger partial charge in [-0.3, -0.25) is 4.79 Å². The van der Waals surface area contributed by atoms with Crippen LogP contribution in [0.15, 0.2) is 47.0 Å². The van der Waals surface area contributed by atoms with Crippen LogP contribution in [-0.4, -0.2) is 16.0 Å². The molecule has 0 unspecified atom stereocenters. The minimum absolute atomic E-state index is 0.0829. The van der Waals surface area contributed by atoms with Gasteiger partial charge in [-0.05, 0) is 24.3 Å². The first-order valence-corrected chi connectivity index (χ1v) is 8.06. The number of carbonyl (C=O) groups is 1. The van der Waals surface area contributed by atoms with Crippen molar-refractivity contribution in [3.8, 4) is 5.75 Å². The third kappa shape index (κ3) is 4.10. The Morgan fingerprint density at radius 3 is 2.76 bits per heavy atom. The number of carbonyl (C=O) groups excluding carboxylic acids is 1. The fraction of sp³-hybridized carbons (Fsp3) is 0.118. The van der Waals surface area contributed by atoms with E-state index in [4.69, 9.17) is 32.5 Å². The third-order valence-electron chi connectivity index (χ3n) is 3.26. The number of benzene rings is 2. The molecule has 0 fully saturated rings. The summed E-state index contributed by atoms with van der Waals surface area (Å²) in [6, 6.07) is 11.8. The van der Waals surface area contributed by atoms with E-state index in [1.165, 1.54) is 0 Å². The Labute approximate surface area is 153 Å². The minimum atomic E-state index is -0.371. The van der Waals surface area contributed by atoms with Crippen LogP contribution in [0.5, 0.6) is 5.75 Å². The lowest BCUT2D eigenvalue weighted by atomic mass is 10.2. The van der Waals surface area contributed by atoms with Gasteiger partial charge < -0.3 is 14.6 Å². The Morgan fingerprint density at radius 2 is 2.00 bits per heavy atom. The first-order chi connectivity index (χ1) is 12.0. The van der Waals surface area contributed by atoms with Gasteiger partial charge in [-0.25, -0.2) is 0 Å². The monoisotopic (exact) mass is 377 g/mol. The highest BCUT2D eigenvalue weighted by atomic mass is 35.5. The van der Waals surface area contributed by atoms with Gasteiger partial charge in [0.25, 0.3) is 5.91 Å². The predicted molar refractivity (Wildman–Crippen MR) is 94.2 cm³/mol. The average molecular weight is 378 g/mol. The summed E-state index contributed by atoms with van der Waals surface area (Å²) in [7, 11) is 0. The molecule has 128 valence electrons. The molecule has 1 heterocycles. The molecule has 3 rings (SSSR count). The lowest BCUT2D eigenvalue weighted by Gasteiger charge is -2.12. The Balaban J connectivity index is 1.77. The fourth-order valence-corrected chi connectivity index (χ4v) is 2.46. The smallest absolute Gasteiger partial charge is 0.259 e. The number of nitrogens with one attached hydrogen (secondary N) is 1. The summed E-state index contributed by atoms with van der Waals surface area (Å²) >= 11 is 12.1. The molecule has 0 saturated heterocycles. The Hall–Kier alpha value is -2.57. The number of para-hydroxylation sites is 1. The highest BCUT2D eigenvalue weighted by Gasteiger charge is 2.15. The number of aryl methyl sites for hydroxylation is 1. The largest absolute Gasteiger partial charge is 0.485 e. The van der Waals surface area contributed by atoms with Crippen molar-refractivity contribution < 1.29 is 14.1 Å². The molecule has 2 aromatic carbocycles. The molecule has 0 aliphatic rings. The number of amides is 1. The lowest BCUT2D eigenvalue weighted by molar-refractivity contribution is 0.102. The fourth-order valence-electron chi connectivity index (χ4n) is 2.11. The molecule has 8 heteroatoms. The second-order valence-corrected chi connectivity index (χ2v) is 5.86. The van der Waals surface area contributed by atoms with Crippen LogP contribution in [0.2, 0.25) is 10.0 Å². The number of hydrogen-bond acceptors (Lipinski definition) is 5. The van der Waals surface area contributed by atoms with Crippen LogP contribution < -0.4 is 10.1 Å². The third-order valence-corrected chi connectivity index (χ3v) is 4.08. The molecule has 3 aromatic rings. The molecule has 0 spiro atoms. The van der Waals surface area contributed by atoms with E-state index in [1.54, 1.807) is 49.4 Å². The number of halogens is 2. The number of aromatic nitrogens is 2. The first-order valence-electron chi connectivity index (χ1n) is 7.31. The van der Waals surface area contributed by atoms with E-state index in [0.717, 1.165) is 0 Å². The van der Waals surface area contributed by atoms with Crippen molar-refractivity contribution >= 4 is 34.8 Å². The van der Waals surface area contributed by atoms with Crippen LogP contribution in [0.25, 0.3) is 0 Å². The molecule has 25 heavy (non-hydrogen) atoms. The van der Waals surface area contributed by atoms with Crippen LogP contribution >= 0.6 is 23.2 Å². The summed E-state index contributed by atoms with van der Waals surface area (Å²) < 4.78 is 10.5. The van der Waals surface area contributed by atoms with Gasteiger partial charge in [0.15, 0.2) is 6.61 Å². The maximum absolute atomic E-state index is 12.6. The van der Waals surface area contributed by atoms with Gasteiger partial charge in [-0.1, -0.05) is 46.6 Å². The average Bonchev–Trinajstić information content (AvgIpc) is 3.03. The van der Waals surface area contributed by atoms with E-state index in [2.05, 4.69) is 15.5 Å². The maximum atomic E-state index is 12.6. The van der Waals surface area contributed by atoms with Gasteiger partial charge in [0, 0.05) is 6.92 Å². The normalized spacial score (nSPS) is 10.5. The molecular formula is C17H13Cl2N3O3. The zero-order valence-electron chi connectivity index (χ0n) is 13.1. The summed E-state index contributed by atoms with van der Waals surface area (Å²) in [5.74, 6) is 0.857. The number of rotatable bonds is 5. The van der Waals surface area contributed by atoms with Crippen LogP contribution in [-0.2, 0) is 6.61 Å². The van der Waals surface area contributed by atoms with Crippen LogP contribution in [0, 0.1) is 6.92 Å². The van der Waals surface area contributed by atoms with Crippen molar-refractivity contribution in [3.05, 3.63) is 69.8 Å².